The van der Waals surface area contributed by atoms with Crippen molar-refractivity contribution in [3.63, 3.8) is 0 Å². The van der Waals surface area contributed by atoms with E-state index in [0.29, 0.717) is 29.5 Å². The van der Waals surface area contributed by atoms with Crippen molar-refractivity contribution in [2.45, 2.75) is 22.5 Å². The van der Waals surface area contributed by atoms with Gasteiger partial charge >= 0.3 is 0 Å². The first-order chi connectivity index (χ1) is 13.0. The Labute approximate surface area is 185 Å². The van der Waals surface area contributed by atoms with Crippen LogP contribution in [-0.2, 0) is 0 Å². The molecule has 0 spiro atoms. The van der Waals surface area contributed by atoms with E-state index in [1.807, 2.05) is 36.4 Å². The van der Waals surface area contributed by atoms with Crippen LogP contribution in [0.4, 0.5) is 0 Å². The molecule has 0 aromatic heterocycles. The summed E-state index contributed by atoms with van der Waals surface area (Å²) < 4.78 is 7.12. The smallest absolute Gasteiger partial charge is 0.187 e. The maximum Gasteiger partial charge on any atom is 0.187 e. The van der Waals surface area contributed by atoms with Gasteiger partial charge in [-0.15, -0.1) is 11.8 Å². The normalized spacial score (nSPS) is 22.6. The van der Waals surface area contributed by atoms with Crippen LogP contribution in [0, 0.1) is 0 Å². The first kappa shape index (κ1) is 19.8. The second-order valence-electron chi connectivity index (χ2n) is 6.92. The van der Waals surface area contributed by atoms with E-state index in [-0.39, 0.29) is 5.78 Å². The molecule has 4 rings (SSSR count). The van der Waals surface area contributed by atoms with Crippen molar-refractivity contribution in [1.82, 2.24) is 4.90 Å². The third-order valence-corrected chi connectivity index (χ3v) is 7.55. The second kappa shape index (κ2) is 8.07. The predicted octanol–water partition coefficient (Wildman–Crippen LogP) is 6.07. The number of thioether (sulfide) groups is 1. The van der Waals surface area contributed by atoms with Crippen LogP contribution < -0.4 is 4.74 Å². The molecule has 1 saturated heterocycles. The second-order valence-corrected chi connectivity index (χ2v) is 10.6. The number of benzene rings is 2. The van der Waals surface area contributed by atoms with Crippen LogP contribution in [0.25, 0.3) is 0 Å². The Morgan fingerprint density at radius 2 is 1.85 bits per heavy atom. The lowest BCUT2D eigenvalue weighted by Gasteiger charge is -2.38. The van der Waals surface area contributed by atoms with E-state index >= 15 is 0 Å². The highest BCUT2D eigenvalue weighted by Crippen LogP contribution is 2.45. The van der Waals surface area contributed by atoms with Crippen molar-refractivity contribution < 1.29 is 9.53 Å². The quantitative estimate of drug-likeness (QED) is 0.479. The van der Waals surface area contributed by atoms with Gasteiger partial charge in [0.15, 0.2) is 5.78 Å². The summed E-state index contributed by atoms with van der Waals surface area (Å²) in [5.41, 5.74) is 0.628. The number of ketones is 1. The minimum atomic E-state index is -0.675. The number of fused-ring (bicyclic) bond motifs is 1. The number of rotatable bonds is 4. The molecule has 3 nitrogen and oxygen atoms in total. The molecule has 2 aromatic rings. The van der Waals surface area contributed by atoms with Gasteiger partial charge in [0, 0.05) is 20.9 Å². The van der Waals surface area contributed by atoms with E-state index in [1.54, 1.807) is 11.8 Å². The lowest BCUT2D eigenvalue weighted by Crippen LogP contribution is -2.52. The van der Waals surface area contributed by atoms with Crippen LogP contribution in [0.15, 0.2) is 50.2 Å². The van der Waals surface area contributed by atoms with Crippen LogP contribution in [0.3, 0.4) is 0 Å². The Bertz CT molecular complexity index is 871. The van der Waals surface area contributed by atoms with Crippen molar-refractivity contribution in [2.24, 2.45) is 0 Å². The average Bonchev–Trinajstić information content (AvgIpc) is 3.13. The zero-order valence-corrected chi connectivity index (χ0v) is 19.3. The monoisotopic (exact) mass is 529 g/mol. The van der Waals surface area contributed by atoms with Crippen molar-refractivity contribution in [3.8, 4) is 5.75 Å². The fraction of sp³-hybridized carbons (Fsp3) is 0.350. The largest absolute Gasteiger partial charge is 0.490 e. The molecule has 1 atom stereocenters. The Balaban J connectivity index is 1.73. The summed E-state index contributed by atoms with van der Waals surface area (Å²) in [5.74, 6) is 0.759. The lowest BCUT2D eigenvalue weighted by atomic mass is 9.93. The molecule has 0 bridgehead atoms. The molecule has 0 radical (unpaired) electrons. The zero-order chi connectivity index (χ0) is 19.0. The van der Waals surface area contributed by atoms with Gasteiger partial charge in [0.1, 0.15) is 17.1 Å². The van der Waals surface area contributed by atoms with Crippen LogP contribution >= 0.6 is 55.2 Å². The minimum Gasteiger partial charge on any atom is -0.490 e. The summed E-state index contributed by atoms with van der Waals surface area (Å²) in [4.78, 5) is 17.1. The Morgan fingerprint density at radius 1 is 1.15 bits per heavy atom. The van der Waals surface area contributed by atoms with E-state index in [1.165, 1.54) is 12.8 Å². The summed E-state index contributed by atoms with van der Waals surface area (Å²) in [7, 11) is 0. The molecule has 1 fully saturated rings. The van der Waals surface area contributed by atoms with Gasteiger partial charge in [-0.05, 0) is 78.3 Å². The maximum absolute atomic E-state index is 13.7. The van der Waals surface area contributed by atoms with Crippen molar-refractivity contribution in [3.05, 3.63) is 55.9 Å². The molecule has 2 aliphatic rings. The van der Waals surface area contributed by atoms with Crippen LogP contribution in [0.5, 0.6) is 5.75 Å². The van der Waals surface area contributed by atoms with Gasteiger partial charge in [0.05, 0.1) is 10.0 Å². The van der Waals surface area contributed by atoms with Gasteiger partial charge in [0.2, 0.25) is 0 Å². The third kappa shape index (κ3) is 4.10. The van der Waals surface area contributed by atoms with Gasteiger partial charge in [-0.3, -0.25) is 4.79 Å². The van der Waals surface area contributed by atoms with E-state index in [4.69, 9.17) is 16.3 Å². The number of Topliss-reactive ketones (excluding diaryl/α,β-unsaturated/α-hetero) is 1. The molecule has 0 aliphatic carbocycles. The Kier molecular flexibility index (Phi) is 5.91. The number of nitrogens with zero attached hydrogens (tertiary/aromatic N) is 1. The topological polar surface area (TPSA) is 29.5 Å². The number of halogens is 3. The fourth-order valence-corrected chi connectivity index (χ4v) is 6.39. The summed E-state index contributed by atoms with van der Waals surface area (Å²) in [6.07, 6.45) is 2.37. The Morgan fingerprint density at radius 3 is 2.56 bits per heavy atom. The van der Waals surface area contributed by atoms with Crippen LogP contribution in [-0.4, -0.2) is 41.7 Å². The number of carbonyl (C=O) groups is 1. The van der Waals surface area contributed by atoms with Gasteiger partial charge in [-0.2, -0.15) is 0 Å². The first-order valence-corrected chi connectivity index (χ1v) is 11.6. The number of hydrogen-bond donors (Lipinski definition) is 0. The predicted molar refractivity (Wildman–Crippen MR) is 117 cm³/mol. The molecule has 2 aromatic carbocycles. The first-order valence-electron chi connectivity index (χ1n) is 8.80. The van der Waals surface area contributed by atoms with Crippen LogP contribution in [0.1, 0.15) is 23.2 Å². The molecule has 27 heavy (non-hydrogen) atoms. The maximum atomic E-state index is 13.7. The molecule has 7 heteroatoms. The van der Waals surface area contributed by atoms with Crippen molar-refractivity contribution in [2.75, 3.05) is 26.2 Å². The summed E-state index contributed by atoms with van der Waals surface area (Å²) >= 11 is 14.6. The number of hydrogen-bond acceptors (Lipinski definition) is 4. The molecule has 2 heterocycles. The molecule has 0 saturated carbocycles. The van der Waals surface area contributed by atoms with E-state index in [9.17, 15) is 4.79 Å². The molecular weight excluding hydrogens is 514 g/mol. The number of likely N-dealkylation sites (tertiary alicyclic amines) is 1. The third-order valence-electron chi connectivity index (χ3n) is 4.92. The summed E-state index contributed by atoms with van der Waals surface area (Å²) in [6.45, 7) is 3.10. The van der Waals surface area contributed by atoms with E-state index in [0.717, 1.165) is 26.9 Å². The van der Waals surface area contributed by atoms with Gasteiger partial charge < -0.3 is 9.64 Å². The minimum absolute atomic E-state index is 0.123. The SMILES string of the molecule is O=C1c2cc(Br)cc(Br)c2OC[C@@]1(CN1CCCC1)Sc1ccc(Cl)cc1. The molecule has 0 amide bonds. The standard InChI is InChI=1S/C20H18Br2ClNO2S/c21-13-9-16-18(17(22)10-13)26-12-20(19(16)25,11-24-7-1-2-8-24)27-15-5-3-14(23)4-6-15/h3-6,9-10H,1-2,7-8,11-12H2/t20-/m1/s1. The highest BCUT2D eigenvalue weighted by Gasteiger charge is 2.47. The fourth-order valence-electron chi connectivity index (χ4n) is 3.63. The zero-order valence-electron chi connectivity index (χ0n) is 14.5. The molecular formula is C20H18Br2ClNO2S. The van der Waals surface area contributed by atoms with Crippen molar-refractivity contribution in [1.29, 1.82) is 0 Å². The molecule has 0 unspecified atom stereocenters. The van der Waals surface area contributed by atoms with Crippen molar-refractivity contribution >= 4 is 61.0 Å². The molecule has 2 aliphatic heterocycles. The van der Waals surface area contributed by atoms with E-state index in [2.05, 4.69) is 36.8 Å². The summed E-state index contributed by atoms with van der Waals surface area (Å²) in [5, 5.41) is 0.692. The van der Waals surface area contributed by atoms with Gasteiger partial charge in [-0.1, -0.05) is 27.5 Å². The van der Waals surface area contributed by atoms with Crippen LogP contribution in [0.2, 0.25) is 5.02 Å². The van der Waals surface area contributed by atoms with Gasteiger partial charge in [-0.25, -0.2) is 0 Å². The number of ether oxygens (including phenoxy) is 1. The Hall–Kier alpha value is -0.530. The van der Waals surface area contributed by atoms with E-state index < -0.39 is 4.75 Å². The lowest BCUT2D eigenvalue weighted by molar-refractivity contribution is 0.0831. The molecule has 0 N–H and O–H groups in total. The number of carbonyl (C=O) groups excluding carboxylic acids is 1. The highest BCUT2D eigenvalue weighted by atomic mass is 79.9. The highest BCUT2D eigenvalue weighted by molar-refractivity contribution is 9.11. The average molecular weight is 532 g/mol. The summed E-state index contributed by atoms with van der Waals surface area (Å²) in [6, 6.07) is 11.4. The molecule has 142 valence electrons. The van der Waals surface area contributed by atoms with Gasteiger partial charge in [0.25, 0.3) is 0 Å².